The summed E-state index contributed by atoms with van der Waals surface area (Å²) in [6.07, 6.45) is 1.60. The number of nitrogens with zero attached hydrogens (tertiary/aromatic N) is 4. The normalized spacial score (nSPS) is 25.2. The van der Waals surface area contributed by atoms with Crippen molar-refractivity contribution in [3.05, 3.63) is 83.9 Å². The molecule has 3 unspecified atom stereocenters. The van der Waals surface area contributed by atoms with Crippen molar-refractivity contribution in [1.29, 1.82) is 0 Å². The zero-order chi connectivity index (χ0) is 23.9. The van der Waals surface area contributed by atoms with Crippen molar-refractivity contribution in [2.45, 2.75) is 37.9 Å². The van der Waals surface area contributed by atoms with Crippen molar-refractivity contribution < 1.29 is 9.59 Å². The fraction of sp³-hybridized carbons (Fsp3) is 0.357. The average Bonchev–Trinajstić information content (AvgIpc) is 3.30. The van der Waals surface area contributed by atoms with Gasteiger partial charge in [-0.15, -0.1) is 0 Å². The minimum atomic E-state index is -0.378. The van der Waals surface area contributed by atoms with Crippen LogP contribution in [0.1, 0.15) is 17.5 Å². The van der Waals surface area contributed by atoms with Gasteiger partial charge in [0, 0.05) is 26.7 Å². The fourth-order valence-corrected chi connectivity index (χ4v) is 5.89. The summed E-state index contributed by atoms with van der Waals surface area (Å²) in [4.78, 5) is 35.0. The molecular weight excluding hydrogens is 438 g/mol. The second-order valence-corrected chi connectivity index (χ2v) is 9.75. The number of carbonyl (C=O) groups excluding carboxylic acids is 2. The van der Waals surface area contributed by atoms with E-state index in [2.05, 4.69) is 57.6 Å². The summed E-state index contributed by atoms with van der Waals surface area (Å²) >= 11 is 0. The molecule has 180 valence electrons. The van der Waals surface area contributed by atoms with E-state index in [-0.39, 0.29) is 37.0 Å². The lowest BCUT2D eigenvalue weighted by molar-refractivity contribution is -0.140. The number of likely N-dealkylation sites (N-methyl/N-ethyl adjacent to an activating group) is 1. The first kappa shape index (κ1) is 22.2. The molecule has 3 amide bonds. The predicted octanol–water partition coefficient (Wildman–Crippen LogP) is 3.07. The van der Waals surface area contributed by atoms with E-state index in [1.54, 1.807) is 4.90 Å². The van der Waals surface area contributed by atoms with Crippen LogP contribution in [0.25, 0.3) is 10.8 Å². The molecular formula is C28H31N5O2. The van der Waals surface area contributed by atoms with Crippen LogP contribution in [0.5, 0.6) is 0 Å². The van der Waals surface area contributed by atoms with Crippen molar-refractivity contribution in [3.8, 4) is 0 Å². The van der Waals surface area contributed by atoms with E-state index in [0.29, 0.717) is 0 Å². The van der Waals surface area contributed by atoms with Crippen LogP contribution in [0.2, 0.25) is 0 Å². The number of fused-ring (bicyclic) bond motifs is 4. The Kier molecular flexibility index (Phi) is 5.76. The molecule has 0 aromatic heterocycles. The predicted molar refractivity (Wildman–Crippen MR) is 135 cm³/mol. The Bertz CT molecular complexity index is 1240. The summed E-state index contributed by atoms with van der Waals surface area (Å²) in [5, 5.41) is 5.80. The lowest BCUT2D eigenvalue weighted by Crippen LogP contribution is -2.66. The molecule has 3 aliphatic heterocycles. The van der Waals surface area contributed by atoms with E-state index in [9.17, 15) is 9.59 Å². The van der Waals surface area contributed by atoms with Crippen molar-refractivity contribution in [2.24, 2.45) is 0 Å². The molecule has 3 fully saturated rings. The van der Waals surface area contributed by atoms with Crippen molar-refractivity contribution >= 4 is 22.7 Å². The summed E-state index contributed by atoms with van der Waals surface area (Å²) in [6, 6.07) is 24.1. The highest BCUT2D eigenvalue weighted by molar-refractivity contribution is 6.01. The highest BCUT2D eigenvalue weighted by atomic mass is 16.2. The highest BCUT2D eigenvalue weighted by Crippen LogP contribution is 2.32. The first-order valence-corrected chi connectivity index (χ1v) is 12.5. The summed E-state index contributed by atoms with van der Waals surface area (Å²) < 4.78 is 0. The number of urea groups is 1. The molecule has 3 aromatic rings. The third-order valence-corrected chi connectivity index (χ3v) is 7.71. The Morgan fingerprint density at radius 1 is 0.914 bits per heavy atom. The molecule has 3 atom stereocenters. The van der Waals surface area contributed by atoms with Crippen molar-refractivity contribution in [2.75, 3.05) is 26.7 Å². The van der Waals surface area contributed by atoms with Gasteiger partial charge in [-0.3, -0.25) is 24.8 Å². The Balaban J connectivity index is 1.24. The SMILES string of the molecule is CN1C(=O)N(Cc2cccc3ccccc23)C(=O)C2C1NC1N(CCc3ccccc3)CCCN21. The van der Waals surface area contributed by atoms with Crippen LogP contribution in [0, 0.1) is 0 Å². The minimum Gasteiger partial charge on any atom is -0.310 e. The molecule has 3 saturated heterocycles. The van der Waals surface area contributed by atoms with Gasteiger partial charge in [-0.2, -0.15) is 0 Å². The van der Waals surface area contributed by atoms with Crippen LogP contribution in [0.3, 0.4) is 0 Å². The Morgan fingerprint density at radius 2 is 1.69 bits per heavy atom. The molecule has 3 aliphatic rings. The number of nitrogens with one attached hydrogen (secondary N) is 1. The summed E-state index contributed by atoms with van der Waals surface area (Å²) in [7, 11) is 1.81. The van der Waals surface area contributed by atoms with E-state index < -0.39 is 0 Å². The maximum absolute atomic E-state index is 13.8. The van der Waals surface area contributed by atoms with Gasteiger partial charge in [0.05, 0.1) is 6.54 Å². The van der Waals surface area contributed by atoms with E-state index in [1.165, 1.54) is 10.5 Å². The van der Waals surface area contributed by atoms with Crippen molar-refractivity contribution in [3.63, 3.8) is 0 Å². The van der Waals surface area contributed by atoms with Crippen molar-refractivity contribution in [1.82, 2.24) is 24.9 Å². The smallest absolute Gasteiger partial charge is 0.310 e. The van der Waals surface area contributed by atoms with E-state index in [0.717, 1.165) is 48.8 Å². The third kappa shape index (κ3) is 3.89. The highest BCUT2D eigenvalue weighted by Gasteiger charge is 2.55. The van der Waals surface area contributed by atoms with Gasteiger partial charge in [-0.1, -0.05) is 72.8 Å². The Labute approximate surface area is 205 Å². The van der Waals surface area contributed by atoms with E-state index in [4.69, 9.17) is 0 Å². The Morgan fingerprint density at radius 3 is 2.54 bits per heavy atom. The second kappa shape index (κ2) is 9.07. The van der Waals surface area contributed by atoms with Crippen LogP contribution in [-0.2, 0) is 17.8 Å². The van der Waals surface area contributed by atoms with Gasteiger partial charge in [0.15, 0.2) is 0 Å². The summed E-state index contributed by atoms with van der Waals surface area (Å²) in [5.74, 6) is -0.106. The number of imide groups is 1. The number of hydrogen-bond acceptors (Lipinski definition) is 5. The molecule has 0 radical (unpaired) electrons. The minimum absolute atomic E-state index is 0.0424. The lowest BCUT2D eigenvalue weighted by atomic mass is 10.0. The van der Waals surface area contributed by atoms with Gasteiger partial charge in [0.2, 0.25) is 0 Å². The number of benzene rings is 3. The van der Waals surface area contributed by atoms with Crippen LogP contribution < -0.4 is 5.32 Å². The van der Waals surface area contributed by atoms with E-state index >= 15 is 0 Å². The molecule has 3 heterocycles. The maximum atomic E-state index is 13.8. The molecule has 7 heteroatoms. The zero-order valence-corrected chi connectivity index (χ0v) is 20.0. The molecule has 6 rings (SSSR count). The van der Waals surface area contributed by atoms with Gasteiger partial charge in [0.1, 0.15) is 18.5 Å². The monoisotopic (exact) mass is 469 g/mol. The van der Waals surface area contributed by atoms with Crippen LogP contribution in [0.15, 0.2) is 72.8 Å². The number of rotatable bonds is 5. The standard InChI is InChI=1S/C28H31N5O2/c1-30-25-24(32-17-8-16-31(27(32)29-25)18-15-20-9-3-2-4-10-20)26(34)33(28(30)35)19-22-13-7-12-21-11-5-6-14-23(21)22/h2-7,9-14,24-25,27,29H,8,15-19H2,1H3. The second-order valence-electron chi connectivity index (χ2n) is 9.75. The number of carbonyl (C=O) groups is 2. The third-order valence-electron chi connectivity index (χ3n) is 7.71. The number of hydrogen-bond donors (Lipinski definition) is 1. The lowest BCUT2D eigenvalue weighted by Gasteiger charge is -2.43. The van der Waals surface area contributed by atoms with E-state index in [1.807, 2.05) is 37.4 Å². The quantitative estimate of drug-likeness (QED) is 0.623. The van der Waals surface area contributed by atoms with Gasteiger partial charge in [-0.25, -0.2) is 4.79 Å². The Hall–Kier alpha value is -3.26. The molecule has 35 heavy (non-hydrogen) atoms. The largest absolute Gasteiger partial charge is 0.328 e. The maximum Gasteiger partial charge on any atom is 0.328 e. The first-order valence-electron chi connectivity index (χ1n) is 12.5. The van der Waals surface area contributed by atoms with Gasteiger partial charge in [-0.05, 0) is 34.7 Å². The van der Waals surface area contributed by atoms with Gasteiger partial charge >= 0.3 is 6.03 Å². The summed E-state index contributed by atoms with van der Waals surface area (Å²) in [6.45, 7) is 3.01. The molecule has 7 nitrogen and oxygen atoms in total. The molecule has 1 N–H and O–H groups in total. The molecule has 0 bridgehead atoms. The van der Waals surface area contributed by atoms with Gasteiger partial charge in [0.25, 0.3) is 5.91 Å². The average molecular weight is 470 g/mol. The fourth-order valence-electron chi connectivity index (χ4n) is 5.89. The summed E-state index contributed by atoms with van der Waals surface area (Å²) in [5.41, 5.74) is 2.30. The topological polar surface area (TPSA) is 59.1 Å². The molecule has 3 aromatic carbocycles. The zero-order valence-electron chi connectivity index (χ0n) is 20.0. The number of amides is 3. The van der Waals surface area contributed by atoms with Crippen LogP contribution in [-0.4, -0.2) is 76.7 Å². The first-order chi connectivity index (χ1) is 17.1. The molecule has 0 saturated carbocycles. The van der Waals surface area contributed by atoms with Crippen LogP contribution >= 0.6 is 0 Å². The van der Waals surface area contributed by atoms with Gasteiger partial charge < -0.3 is 4.90 Å². The molecule has 0 aliphatic carbocycles. The molecule has 0 spiro atoms. The van der Waals surface area contributed by atoms with Crippen LogP contribution in [0.4, 0.5) is 4.79 Å².